The Morgan fingerprint density at radius 3 is 2.59 bits per heavy atom. The first-order chi connectivity index (χ1) is 15.1. The van der Waals surface area contributed by atoms with Gasteiger partial charge < -0.3 is 10.6 Å². The molecule has 0 aromatic carbocycles. The second-order valence-electron chi connectivity index (χ2n) is 7.92. The van der Waals surface area contributed by atoms with Crippen molar-refractivity contribution in [3.8, 4) is 0 Å². The Bertz CT molecular complexity index is 977. The SMILES string of the molecule is C=NN(/N=C\C)C(C)(C)c1cc(Nc2ncc(C(F)(F)F)c(NCC)n2)n(C2CCC2)n1. The minimum atomic E-state index is -4.55. The Hall–Kier alpha value is -3.18. The monoisotopic (exact) mass is 451 g/mol. The first-order valence-corrected chi connectivity index (χ1v) is 10.4. The zero-order valence-corrected chi connectivity index (χ0v) is 18.6. The van der Waals surface area contributed by atoms with Gasteiger partial charge in [0.2, 0.25) is 5.95 Å². The van der Waals surface area contributed by atoms with E-state index < -0.39 is 17.3 Å². The van der Waals surface area contributed by atoms with Crippen molar-refractivity contribution in [1.82, 2.24) is 24.9 Å². The zero-order valence-electron chi connectivity index (χ0n) is 18.6. The van der Waals surface area contributed by atoms with Crippen LogP contribution in [-0.4, -0.2) is 44.3 Å². The van der Waals surface area contributed by atoms with Crippen molar-refractivity contribution in [2.24, 2.45) is 10.2 Å². The summed E-state index contributed by atoms with van der Waals surface area (Å²) < 4.78 is 41.7. The molecule has 0 saturated heterocycles. The second kappa shape index (κ2) is 9.13. The van der Waals surface area contributed by atoms with Crippen LogP contribution in [0.25, 0.3) is 0 Å². The Labute approximate surface area is 184 Å². The number of nitrogens with zero attached hydrogens (tertiary/aromatic N) is 7. The molecule has 2 N–H and O–H groups in total. The van der Waals surface area contributed by atoms with Crippen LogP contribution < -0.4 is 10.6 Å². The van der Waals surface area contributed by atoms with E-state index in [1.807, 2.05) is 24.6 Å². The molecule has 32 heavy (non-hydrogen) atoms. The van der Waals surface area contributed by atoms with Crippen molar-refractivity contribution < 1.29 is 13.2 Å². The number of halogens is 3. The number of nitrogens with one attached hydrogen (secondary N) is 2. The second-order valence-corrected chi connectivity index (χ2v) is 7.92. The lowest BCUT2D eigenvalue weighted by Crippen LogP contribution is -2.34. The fourth-order valence-electron chi connectivity index (χ4n) is 3.33. The highest BCUT2D eigenvalue weighted by Crippen LogP contribution is 2.38. The van der Waals surface area contributed by atoms with Gasteiger partial charge in [0.1, 0.15) is 22.7 Å². The number of alkyl halides is 3. The Balaban J connectivity index is 1.99. The van der Waals surface area contributed by atoms with E-state index in [2.05, 4.69) is 37.5 Å². The van der Waals surface area contributed by atoms with Crippen LogP contribution in [0.5, 0.6) is 0 Å². The van der Waals surface area contributed by atoms with E-state index >= 15 is 0 Å². The average molecular weight is 452 g/mol. The smallest absolute Gasteiger partial charge is 0.370 e. The maximum Gasteiger partial charge on any atom is 0.421 e. The molecule has 0 atom stereocenters. The first kappa shape index (κ1) is 23.5. The number of rotatable bonds is 9. The van der Waals surface area contributed by atoms with Crippen molar-refractivity contribution in [1.29, 1.82) is 0 Å². The van der Waals surface area contributed by atoms with Gasteiger partial charge in [-0.25, -0.2) is 9.67 Å². The highest BCUT2D eigenvalue weighted by molar-refractivity contribution is 5.55. The highest BCUT2D eigenvalue weighted by atomic mass is 19.4. The number of anilines is 3. The van der Waals surface area contributed by atoms with E-state index in [4.69, 9.17) is 5.10 Å². The molecule has 1 aliphatic rings. The molecule has 0 radical (unpaired) electrons. The molecule has 2 aromatic rings. The topological polar surface area (TPSA) is 95.6 Å². The van der Waals surface area contributed by atoms with Gasteiger partial charge in [-0.15, -0.1) is 0 Å². The first-order valence-electron chi connectivity index (χ1n) is 10.4. The molecule has 0 aliphatic heterocycles. The van der Waals surface area contributed by atoms with Crippen LogP contribution >= 0.6 is 0 Å². The van der Waals surface area contributed by atoms with E-state index in [1.165, 1.54) is 5.12 Å². The normalized spacial score (nSPS) is 15.0. The molecule has 2 aromatic heterocycles. The van der Waals surface area contributed by atoms with Crippen molar-refractivity contribution in [2.45, 2.75) is 64.7 Å². The van der Waals surface area contributed by atoms with Crippen LogP contribution in [0.4, 0.5) is 30.8 Å². The Kier molecular flexibility index (Phi) is 6.70. The van der Waals surface area contributed by atoms with Crippen LogP contribution in [0, 0.1) is 0 Å². The van der Waals surface area contributed by atoms with Crippen LogP contribution in [0.2, 0.25) is 0 Å². The molecule has 12 heteroatoms. The van der Waals surface area contributed by atoms with Gasteiger partial charge in [0, 0.05) is 31.7 Å². The molecule has 9 nitrogen and oxygen atoms in total. The van der Waals surface area contributed by atoms with Crippen molar-refractivity contribution in [3.63, 3.8) is 0 Å². The maximum absolute atomic E-state index is 13.3. The summed E-state index contributed by atoms with van der Waals surface area (Å²) in [6.07, 6.45) is 0.845. The van der Waals surface area contributed by atoms with Gasteiger partial charge >= 0.3 is 6.18 Å². The minimum absolute atomic E-state index is 0.0454. The molecule has 1 fully saturated rings. The van der Waals surface area contributed by atoms with Gasteiger partial charge in [-0.2, -0.15) is 38.6 Å². The van der Waals surface area contributed by atoms with Gasteiger partial charge in [0.05, 0.1) is 11.7 Å². The zero-order chi connectivity index (χ0) is 23.5. The van der Waals surface area contributed by atoms with E-state index in [1.54, 1.807) is 20.1 Å². The van der Waals surface area contributed by atoms with Crippen molar-refractivity contribution >= 4 is 30.5 Å². The Morgan fingerprint density at radius 1 is 1.34 bits per heavy atom. The Morgan fingerprint density at radius 2 is 2.06 bits per heavy atom. The molecular weight excluding hydrogens is 423 g/mol. The summed E-state index contributed by atoms with van der Waals surface area (Å²) in [5, 5.41) is 20.1. The van der Waals surface area contributed by atoms with E-state index in [0.29, 0.717) is 18.1 Å². The van der Waals surface area contributed by atoms with E-state index in [0.717, 1.165) is 25.5 Å². The largest absolute Gasteiger partial charge is 0.421 e. The summed E-state index contributed by atoms with van der Waals surface area (Å²) in [7, 11) is 0. The molecule has 0 amide bonds. The summed E-state index contributed by atoms with van der Waals surface area (Å²) in [4.78, 5) is 7.96. The van der Waals surface area contributed by atoms with Crippen LogP contribution in [0.1, 0.15) is 64.3 Å². The van der Waals surface area contributed by atoms with Crippen LogP contribution in [0.3, 0.4) is 0 Å². The van der Waals surface area contributed by atoms with Crippen molar-refractivity contribution in [3.05, 3.63) is 23.5 Å². The quantitative estimate of drug-likeness (QED) is 0.422. The fraction of sp³-hybridized carbons (Fsp3) is 0.550. The lowest BCUT2D eigenvalue weighted by Gasteiger charge is -2.30. The lowest BCUT2D eigenvalue weighted by atomic mass is 9.93. The van der Waals surface area contributed by atoms with Gasteiger partial charge in [-0.05, 0) is 47.0 Å². The number of hydrogen-bond donors (Lipinski definition) is 2. The lowest BCUT2D eigenvalue weighted by molar-refractivity contribution is -0.137. The molecule has 0 spiro atoms. The highest BCUT2D eigenvalue weighted by Gasteiger charge is 2.36. The summed E-state index contributed by atoms with van der Waals surface area (Å²) in [6, 6.07) is 2.00. The predicted octanol–water partition coefficient (Wildman–Crippen LogP) is 4.75. The molecule has 1 aliphatic carbocycles. The molecule has 3 rings (SSSR count). The summed E-state index contributed by atoms with van der Waals surface area (Å²) in [6.45, 7) is 11.2. The maximum atomic E-state index is 13.3. The molecule has 174 valence electrons. The minimum Gasteiger partial charge on any atom is -0.370 e. The van der Waals surface area contributed by atoms with E-state index in [-0.39, 0.29) is 17.8 Å². The van der Waals surface area contributed by atoms with Gasteiger partial charge in [0.25, 0.3) is 0 Å². The number of aromatic nitrogens is 4. The third-order valence-electron chi connectivity index (χ3n) is 5.32. The average Bonchev–Trinajstić information content (AvgIpc) is 3.08. The predicted molar refractivity (Wildman–Crippen MR) is 118 cm³/mol. The standard InChI is InChI=1S/C20H28F3N9/c1-6-25-17-14(20(21,22)23)12-26-18(29-17)28-16-11-15(30-31(16)13-9-8-10-13)19(3,4)32(24-5)27-7-2/h7,11-13H,5-6,8-10H2,1-4H3,(H2,25,26,28,29)/b27-7-. The van der Waals surface area contributed by atoms with Gasteiger partial charge in [0.15, 0.2) is 0 Å². The van der Waals surface area contributed by atoms with Crippen LogP contribution in [0.15, 0.2) is 22.5 Å². The molecular formula is C20H28F3N9. The van der Waals surface area contributed by atoms with Gasteiger partial charge in [-0.3, -0.25) is 0 Å². The summed E-state index contributed by atoms with van der Waals surface area (Å²) in [5.74, 6) is 0.362. The molecule has 0 bridgehead atoms. The molecule has 0 unspecified atom stereocenters. The molecule has 2 heterocycles. The van der Waals surface area contributed by atoms with Crippen LogP contribution in [-0.2, 0) is 11.7 Å². The summed E-state index contributed by atoms with van der Waals surface area (Å²) >= 11 is 0. The number of hydrogen-bond acceptors (Lipinski definition) is 8. The third kappa shape index (κ3) is 4.68. The fourth-order valence-corrected chi connectivity index (χ4v) is 3.33. The van der Waals surface area contributed by atoms with Crippen molar-refractivity contribution in [2.75, 3.05) is 17.2 Å². The van der Waals surface area contributed by atoms with E-state index in [9.17, 15) is 13.2 Å². The number of hydrazone groups is 2. The third-order valence-corrected chi connectivity index (χ3v) is 5.32. The van der Waals surface area contributed by atoms with Gasteiger partial charge in [-0.1, -0.05) is 0 Å². The molecule has 1 saturated carbocycles. The summed E-state index contributed by atoms with van der Waals surface area (Å²) in [5.41, 5.74) is -0.955.